The summed E-state index contributed by atoms with van der Waals surface area (Å²) in [6, 6.07) is 7.37. The van der Waals surface area contributed by atoms with Crippen LogP contribution in [0.2, 0.25) is 0 Å². The van der Waals surface area contributed by atoms with E-state index in [0.717, 1.165) is 22.2 Å². The van der Waals surface area contributed by atoms with Crippen LogP contribution in [0.4, 0.5) is 5.69 Å². The summed E-state index contributed by atoms with van der Waals surface area (Å²) >= 11 is 0. The van der Waals surface area contributed by atoms with E-state index in [9.17, 15) is 0 Å². The number of aromatic nitrogens is 6. The molecule has 4 heterocycles. The van der Waals surface area contributed by atoms with Gasteiger partial charge in [0.25, 0.3) is 0 Å². The molecule has 27 heavy (non-hydrogen) atoms. The van der Waals surface area contributed by atoms with Gasteiger partial charge in [0.15, 0.2) is 11.5 Å². The summed E-state index contributed by atoms with van der Waals surface area (Å²) < 4.78 is 1.60. The van der Waals surface area contributed by atoms with Gasteiger partial charge in [-0.1, -0.05) is 0 Å². The molecule has 4 rings (SSSR count). The third kappa shape index (κ3) is 2.94. The van der Waals surface area contributed by atoms with Gasteiger partial charge in [0.1, 0.15) is 12.1 Å². The fourth-order valence-electron chi connectivity index (χ4n) is 2.72. The van der Waals surface area contributed by atoms with Gasteiger partial charge in [0.2, 0.25) is 0 Å². The lowest BCUT2D eigenvalue weighted by Gasteiger charge is -2.14. The third-order valence-corrected chi connectivity index (χ3v) is 4.02. The Morgan fingerprint density at radius 2 is 2.04 bits per heavy atom. The minimum Gasteiger partial charge on any atom is -0.369 e. The predicted molar refractivity (Wildman–Crippen MR) is 97.7 cm³/mol. The number of pyridine rings is 2. The third-order valence-electron chi connectivity index (χ3n) is 4.02. The standard InChI is InChI=1S/C18H13N9/c1-11(4-19)26-16-3-17(21-10-15(16)14-7-23-24-8-14)27-18-13(9-25-27)2-12(5-20)6-22-18/h2-3,6-11H,1H3,(H,21,26)(H,23,24)/t11-/m1/s1. The summed E-state index contributed by atoms with van der Waals surface area (Å²) in [5.41, 5.74) is 3.45. The SMILES string of the molecule is C[C@H](C#N)Nc1cc(-n2ncc3cc(C#N)cnc32)ncc1-c1cn[nH]c1. The molecule has 4 aromatic heterocycles. The molecule has 0 aliphatic rings. The van der Waals surface area contributed by atoms with Crippen LogP contribution in [-0.2, 0) is 0 Å². The van der Waals surface area contributed by atoms with Crippen molar-refractivity contribution in [2.24, 2.45) is 0 Å². The van der Waals surface area contributed by atoms with Gasteiger partial charge in [-0.25, -0.2) is 9.97 Å². The van der Waals surface area contributed by atoms with Gasteiger partial charge < -0.3 is 5.32 Å². The largest absolute Gasteiger partial charge is 0.369 e. The first-order chi connectivity index (χ1) is 13.2. The molecule has 0 amide bonds. The van der Waals surface area contributed by atoms with E-state index in [1.165, 1.54) is 6.20 Å². The van der Waals surface area contributed by atoms with E-state index in [1.54, 1.807) is 42.5 Å². The molecule has 0 aromatic carbocycles. The van der Waals surface area contributed by atoms with Crippen molar-refractivity contribution in [2.75, 3.05) is 5.32 Å². The molecule has 0 saturated carbocycles. The molecule has 0 aliphatic carbocycles. The summed E-state index contributed by atoms with van der Waals surface area (Å²) in [6.45, 7) is 1.77. The zero-order valence-electron chi connectivity index (χ0n) is 14.2. The number of anilines is 1. The van der Waals surface area contributed by atoms with E-state index in [-0.39, 0.29) is 0 Å². The highest BCUT2D eigenvalue weighted by Gasteiger charge is 2.14. The Morgan fingerprint density at radius 1 is 1.15 bits per heavy atom. The number of rotatable bonds is 4. The molecular formula is C18H13N9. The van der Waals surface area contributed by atoms with Crippen molar-refractivity contribution >= 4 is 16.7 Å². The summed E-state index contributed by atoms with van der Waals surface area (Å²) in [4.78, 5) is 8.81. The van der Waals surface area contributed by atoms with Gasteiger partial charge in [-0.2, -0.15) is 25.4 Å². The zero-order valence-corrected chi connectivity index (χ0v) is 14.2. The van der Waals surface area contributed by atoms with Crippen molar-refractivity contribution in [3.63, 3.8) is 0 Å². The molecule has 130 valence electrons. The number of nitrogens with one attached hydrogen (secondary N) is 2. The van der Waals surface area contributed by atoms with Gasteiger partial charge in [0, 0.05) is 46.9 Å². The van der Waals surface area contributed by atoms with Crippen molar-refractivity contribution < 1.29 is 0 Å². The lowest BCUT2D eigenvalue weighted by Crippen LogP contribution is -2.14. The van der Waals surface area contributed by atoms with Crippen LogP contribution >= 0.6 is 0 Å². The molecule has 4 aromatic rings. The van der Waals surface area contributed by atoms with E-state index in [1.807, 2.05) is 6.07 Å². The monoisotopic (exact) mass is 355 g/mol. The Labute approximate surface area is 153 Å². The van der Waals surface area contributed by atoms with E-state index in [0.29, 0.717) is 17.0 Å². The average Bonchev–Trinajstić information content (AvgIpc) is 3.37. The molecule has 0 aliphatic heterocycles. The number of nitrogens with zero attached hydrogens (tertiary/aromatic N) is 7. The average molecular weight is 355 g/mol. The first-order valence-electron chi connectivity index (χ1n) is 8.09. The van der Waals surface area contributed by atoms with Crippen LogP contribution in [0, 0.1) is 22.7 Å². The normalized spacial score (nSPS) is 11.7. The van der Waals surface area contributed by atoms with Crippen LogP contribution in [0.5, 0.6) is 0 Å². The Bertz CT molecular complexity index is 1190. The predicted octanol–water partition coefficient (Wildman–Crippen LogP) is 2.40. The molecule has 0 unspecified atom stereocenters. The van der Waals surface area contributed by atoms with Crippen LogP contribution < -0.4 is 5.32 Å². The van der Waals surface area contributed by atoms with Crippen LogP contribution in [0.15, 0.2) is 43.1 Å². The van der Waals surface area contributed by atoms with Crippen LogP contribution in [0.25, 0.3) is 28.0 Å². The van der Waals surface area contributed by atoms with Gasteiger partial charge in [0.05, 0.1) is 24.0 Å². The first kappa shape index (κ1) is 16.2. The van der Waals surface area contributed by atoms with Crippen molar-refractivity contribution in [2.45, 2.75) is 13.0 Å². The minimum absolute atomic E-state index is 0.392. The molecule has 0 spiro atoms. The van der Waals surface area contributed by atoms with Crippen molar-refractivity contribution in [3.05, 3.63) is 48.7 Å². The van der Waals surface area contributed by atoms with E-state index in [4.69, 9.17) is 10.5 Å². The Hall–Kier alpha value is -4.24. The number of hydrogen-bond acceptors (Lipinski definition) is 7. The highest BCUT2D eigenvalue weighted by atomic mass is 15.3. The minimum atomic E-state index is -0.392. The Morgan fingerprint density at radius 3 is 2.78 bits per heavy atom. The highest BCUT2D eigenvalue weighted by Crippen LogP contribution is 2.29. The number of fused-ring (bicyclic) bond motifs is 1. The quantitative estimate of drug-likeness (QED) is 0.574. The molecular weight excluding hydrogens is 342 g/mol. The summed E-state index contributed by atoms with van der Waals surface area (Å²) in [7, 11) is 0. The lowest BCUT2D eigenvalue weighted by atomic mass is 10.1. The first-order valence-corrected chi connectivity index (χ1v) is 8.09. The molecule has 0 radical (unpaired) electrons. The molecule has 9 nitrogen and oxygen atoms in total. The zero-order chi connectivity index (χ0) is 18.8. The van der Waals surface area contributed by atoms with Crippen LogP contribution in [0.3, 0.4) is 0 Å². The molecule has 9 heteroatoms. The van der Waals surface area contributed by atoms with Crippen LogP contribution in [0.1, 0.15) is 12.5 Å². The Kier molecular flexibility index (Phi) is 3.96. The number of nitriles is 2. The van der Waals surface area contributed by atoms with E-state index < -0.39 is 6.04 Å². The molecule has 0 fully saturated rings. The second-order valence-electron chi connectivity index (χ2n) is 5.88. The lowest BCUT2D eigenvalue weighted by molar-refractivity contribution is 0.862. The van der Waals surface area contributed by atoms with Gasteiger partial charge in [-0.3, -0.25) is 5.10 Å². The summed E-state index contributed by atoms with van der Waals surface area (Å²) in [5, 5.41) is 33.2. The topological polar surface area (TPSA) is 132 Å². The summed E-state index contributed by atoms with van der Waals surface area (Å²) in [5.74, 6) is 0.544. The highest BCUT2D eigenvalue weighted by molar-refractivity contribution is 5.80. The Balaban J connectivity index is 1.84. The van der Waals surface area contributed by atoms with Gasteiger partial charge >= 0.3 is 0 Å². The van der Waals surface area contributed by atoms with Gasteiger partial charge in [-0.15, -0.1) is 0 Å². The van der Waals surface area contributed by atoms with Crippen molar-refractivity contribution in [1.82, 2.24) is 29.9 Å². The second-order valence-corrected chi connectivity index (χ2v) is 5.88. The van der Waals surface area contributed by atoms with Crippen molar-refractivity contribution in [1.29, 1.82) is 10.5 Å². The molecule has 2 N–H and O–H groups in total. The van der Waals surface area contributed by atoms with E-state index >= 15 is 0 Å². The van der Waals surface area contributed by atoms with Crippen molar-refractivity contribution in [3.8, 4) is 29.1 Å². The van der Waals surface area contributed by atoms with E-state index in [2.05, 4.69) is 42.7 Å². The number of aromatic amines is 1. The summed E-state index contributed by atoms with van der Waals surface area (Å²) in [6.07, 6.45) is 8.28. The number of H-pyrrole nitrogens is 1. The molecule has 0 bridgehead atoms. The maximum Gasteiger partial charge on any atom is 0.164 e. The molecule has 1 atom stereocenters. The fourth-order valence-corrected chi connectivity index (χ4v) is 2.72. The maximum absolute atomic E-state index is 9.16. The molecule has 0 saturated heterocycles. The maximum atomic E-state index is 9.16. The fraction of sp³-hybridized carbons (Fsp3) is 0.111. The van der Waals surface area contributed by atoms with Crippen LogP contribution in [-0.4, -0.2) is 36.0 Å². The smallest absolute Gasteiger partial charge is 0.164 e. The number of hydrogen-bond donors (Lipinski definition) is 2. The second kappa shape index (κ2) is 6.58. The van der Waals surface area contributed by atoms with Gasteiger partial charge in [-0.05, 0) is 13.0 Å².